The Labute approximate surface area is 159 Å². The fourth-order valence-corrected chi connectivity index (χ4v) is 2.78. The van der Waals surface area contributed by atoms with Gasteiger partial charge < -0.3 is 14.7 Å². The van der Waals surface area contributed by atoms with E-state index in [4.69, 9.17) is 15.7 Å². The minimum absolute atomic E-state index is 0.0338. The largest absolute Gasteiger partial charge is 0.488 e. The summed E-state index contributed by atoms with van der Waals surface area (Å²) in [5.41, 5.74) is 2.16. The molecule has 0 atom stereocenters. The van der Waals surface area contributed by atoms with Crippen LogP contribution >= 0.6 is 0 Å². The van der Waals surface area contributed by atoms with Gasteiger partial charge in [0, 0.05) is 20.3 Å². The van der Waals surface area contributed by atoms with Crippen molar-refractivity contribution in [3.63, 3.8) is 0 Å². The van der Waals surface area contributed by atoms with Gasteiger partial charge in [0.05, 0.1) is 9.16 Å². The van der Waals surface area contributed by atoms with Crippen LogP contribution in [-0.2, 0) is 17.8 Å². The third-order valence-corrected chi connectivity index (χ3v) is 3.88. The molecule has 0 spiro atoms. The summed E-state index contributed by atoms with van der Waals surface area (Å²) in [5.74, 6) is -0.836. The Hall–Kier alpha value is -2.59. The minimum Gasteiger partial charge on any atom is -0.488 e. The average Bonchev–Trinajstić information content (AvgIpc) is 2.75. The molecule has 0 amide bonds. The molecule has 4 heteroatoms. The minimum atomic E-state index is -2.82. The topological polar surface area (TPSA) is 49.8 Å². The Balaban J connectivity index is 2.11. The van der Waals surface area contributed by atoms with Gasteiger partial charge >= 0.3 is 5.97 Å². The van der Waals surface area contributed by atoms with E-state index in [1.807, 2.05) is 0 Å². The summed E-state index contributed by atoms with van der Waals surface area (Å²) >= 11 is 0. The van der Waals surface area contributed by atoms with Gasteiger partial charge in [0.2, 0.25) is 0 Å². The molecule has 0 fully saturated rings. The first-order chi connectivity index (χ1) is 15.2. The van der Waals surface area contributed by atoms with Crippen molar-refractivity contribution in [3.8, 4) is 5.75 Å². The van der Waals surface area contributed by atoms with Crippen LogP contribution in [0.15, 0.2) is 48.5 Å². The Kier molecular flexibility index (Phi) is 2.95. The maximum absolute atomic E-state index is 11.2. The second-order valence-corrected chi connectivity index (χ2v) is 5.71. The van der Waals surface area contributed by atoms with Gasteiger partial charge in [-0.15, -0.1) is 0 Å². The fraction of sp³-hybridized carbons (Fsp3) is 0.286. The van der Waals surface area contributed by atoms with Crippen LogP contribution in [0.25, 0.3) is 5.57 Å². The predicted octanol–water partition coefficient (Wildman–Crippen LogP) is 3.59. The van der Waals surface area contributed by atoms with Gasteiger partial charge in [-0.25, -0.2) is 0 Å². The maximum atomic E-state index is 11.2. The lowest BCUT2D eigenvalue weighted by Crippen LogP contribution is -2.12. The molecule has 2 aromatic rings. The van der Waals surface area contributed by atoms with Crippen molar-refractivity contribution in [1.82, 2.24) is 4.90 Å². The van der Waals surface area contributed by atoms with Crippen LogP contribution in [0.1, 0.15) is 39.6 Å². The van der Waals surface area contributed by atoms with Gasteiger partial charge in [0.15, 0.2) is 0 Å². The summed E-state index contributed by atoms with van der Waals surface area (Å²) in [6.45, 7) is -8.12. The smallest absolute Gasteiger partial charge is 0.307 e. The first-order valence-electron chi connectivity index (χ1n) is 11.8. The number of hydrogen-bond acceptors (Lipinski definition) is 3. The van der Waals surface area contributed by atoms with Crippen LogP contribution in [0.3, 0.4) is 0 Å². The quantitative estimate of drug-likeness (QED) is 0.900. The average molecular weight is 345 g/mol. The van der Waals surface area contributed by atoms with Crippen molar-refractivity contribution in [3.05, 3.63) is 70.8 Å². The Morgan fingerprint density at radius 1 is 1.32 bits per heavy atom. The molecule has 0 saturated carbocycles. The molecule has 130 valence electrons. The Morgan fingerprint density at radius 3 is 2.96 bits per heavy atom. The monoisotopic (exact) mass is 345 g/mol. The van der Waals surface area contributed by atoms with E-state index in [-0.39, 0.29) is 30.7 Å². The van der Waals surface area contributed by atoms with Crippen LogP contribution in [0.5, 0.6) is 5.75 Å². The number of benzene rings is 2. The van der Waals surface area contributed by atoms with E-state index < -0.39 is 26.5 Å². The molecular weight excluding hydrogens is 314 g/mol. The zero-order chi connectivity index (χ0) is 24.6. The molecule has 0 aliphatic carbocycles. The molecule has 3 rings (SSSR count). The van der Waals surface area contributed by atoms with Crippen LogP contribution < -0.4 is 4.74 Å². The van der Waals surface area contributed by atoms with Crippen LogP contribution in [0, 0.1) is 0 Å². The van der Waals surface area contributed by atoms with E-state index in [2.05, 4.69) is 0 Å². The molecule has 25 heavy (non-hydrogen) atoms. The number of fused-ring (bicyclic) bond motifs is 2. The first-order valence-corrected chi connectivity index (χ1v) is 7.82. The van der Waals surface area contributed by atoms with Crippen molar-refractivity contribution in [2.24, 2.45) is 0 Å². The fourth-order valence-electron chi connectivity index (χ4n) is 2.78. The van der Waals surface area contributed by atoms with Crippen molar-refractivity contribution >= 4 is 11.5 Å². The number of ether oxygens (including phenoxy) is 1. The molecular formula is C21H23NO3. The summed E-state index contributed by atoms with van der Waals surface area (Å²) in [5, 5.41) is 9.17. The maximum Gasteiger partial charge on any atom is 0.307 e. The predicted molar refractivity (Wildman–Crippen MR) is 98.8 cm³/mol. The molecule has 1 aliphatic heterocycles. The summed E-state index contributed by atoms with van der Waals surface area (Å²) in [6.07, 6.45) is 1.42. The van der Waals surface area contributed by atoms with Crippen molar-refractivity contribution < 1.29 is 25.6 Å². The van der Waals surface area contributed by atoms with Gasteiger partial charge in [0.1, 0.15) is 12.3 Å². The number of carboxylic acid groups (broad SMARTS) is 1. The highest BCUT2D eigenvalue weighted by molar-refractivity contribution is 5.85. The van der Waals surface area contributed by atoms with E-state index in [1.54, 1.807) is 42.5 Å². The van der Waals surface area contributed by atoms with Gasteiger partial charge in [-0.2, -0.15) is 0 Å². The number of aliphatic carboxylic acids is 1. The second-order valence-electron chi connectivity index (χ2n) is 5.71. The Bertz CT molecular complexity index is 1060. The van der Waals surface area contributed by atoms with E-state index in [1.165, 1.54) is 6.07 Å². The van der Waals surface area contributed by atoms with Gasteiger partial charge in [-0.3, -0.25) is 4.79 Å². The molecule has 1 aliphatic rings. The lowest BCUT2D eigenvalue weighted by molar-refractivity contribution is -0.136. The summed E-state index contributed by atoms with van der Waals surface area (Å²) in [6, 6.07) is 11.3. The van der Waals surface area contributed by atoms with E-state index in [0.717, 1.165) is 0 Å². The molecule has 4 nitrogen and oxygen atoms in total. The molecule has 1 N–H and O–H groups in total. The Morgan fingerprint density at radius 2 is 2.16 bits per heavy atom. The highest BCUT2D eigenvalue weighted by Crippen LogP contribution is 2.37. The first kappa shape index (κ1) is 9.78. The number of rotatable bonds is 5. The molecule has 1 heterocycles. The van der Waals surface area contributed by atoms with Crippen molar-refractivity contribution in [2.45, 2.75) is 19.4 Å². The summed E-state index contributed by atoms with van der Waals surface area (Å²) < 4.78 is 67.7. The third kappa shape index (κ3) is 4.09. The van der Waals surface area contributed by atoms with Crippen molar-refractivity contribution in [1.29, 1.82) is 0 Å². The van der Waals surface area contributed by atoms with E-state index in [0.29, 0.717) is 27.2 Å². The molecule has 0 bridgehead atoms. The van der Waals surface area contributed by atoms with Crippen LogP contribution in [-0.4, -0.2) is 36.5 Å². The number of nitrogens with zero attached hydrogens (tertiary/aromatic N) is 1. The number of carbonyl (C=O) groups is 1. The van der Waals surface area contributed by atoms with Crippen LogP contribution in [0.4, 0.5) is 0 Å². The number of carboxylic acids is 1. The molecule has 0 aromatic heterocycles. The lowest BCUT2D eigenvalue weighted by Gasteiger charge is -2.13. The normalized spacial score (nSPS) is 22.4. The second kappa shape index (κ2) is 7.53. The molecule has 0 saturated heterocycles. The van der Waals surface area contributed by atoms with E-state index in [9.17, 15) is 9.90 Å². The zero-order valence-corrected chi connectivity index (χ0v) is 13.5. The van der Waals surface area contributed by atoms with Crippen molar-refractivity contribution in [2.75, 3.05) is 20.5 Å². The summed E-state index contributed by atoms with van der Waals surface area (Å²) in [7, 11) is 0. The third-order valence-electron chi connectivity index (χ3n) is 3.88. The zero-order valence-electron chi connectivity index (χ0n) is 21.5. The van der Waals surface area contributed by atoms with Crippen LogP contribution in [0.2, 0.25) is 0 Å². The van der Waals surface area contributed by atoms with Gasteiger partial charge in [-0.05, 0) is 54.8 Å². The summed E-state index contributed by atoms with van der Waals surface area (Å²) in [4.78, 5) is 11.7. The standard InChI is InChI=1S/C21H23NO3/c1-22(2)11-5-8-18-17-7-4-3-6-16(17)14-25-20-10-9-15(12-19(18)20)13-21(23)24/h3-4,6-10,12H,5,11,13-14H2,1-2H3,(H,23,24)/b18-8+/i1D3,2D3,14D2. The van der Waals surface area contributed by atoms with Gasteiger partial charge in [-0.1, -0.05) is 36.4 Å². The highest BCUT2D eigenvalue weighted by atomic mass is 16.5. The van der Waals surface area contributed by atoms with Gasteiger partial charge in [0.25, 0.3) is 0 Å². The van der Waals surface area contributed by atoms with E-state index >= 15 is 0 Å². The molecule has 0 unspecified atom stereocenters. The lowest BCUT2D eigenvalue weighted by atomic mass is 9.92. The SMILES string of the molecule is [2H]C1([2H])Oc2ccc(CC(=O)O)cc2/C(=C/CCN(C([2H])([2H])[2H])C([2H])([2H])[2H])c2ccccc21. The number of hydrogen-bond donors (Lipinski definition) is 1. The molecule has 2 aromatic carbocycles. The molecule has 0 radical (unpaired) electrons. The highest BCUT2D eigenvalue weighted by Gasteiger charge is 2.19.